The average Bonchev–Trinajstić information content (AvgIpc) is 3.40. The van der Waals surface area contributed by atoms with Gasteiger partial charge in [0.1, 0.15) is 17.5 Å². The van der Waals surface area contributed by atoms with Crippen molar-refractivity contribution in [2.24, 2.45) is 5.92 Å². The number of carbonyl (C=O) groups excluding carboxylic acids is 1. The van der Waals surface area contributed by atoms with Crippen molar-refractivity contribution in [2.45, 2.75) is 37.9 Å². The molecule has 172 valence electrons. The molecule has 6 nitrogen and oxygen atoms in total. The Labute approximate surface area is 184 Å². The molecule has 2 amide bonds. The lowest BCUT2D eigenvalue weighted by Gasteiger charge is -2.32. The summed E-state index contributed by atoms with van der Waals surface area (Å²) in [6.45, 7) is 2.18. The van der Waals surface area contributed by atoms with E-state index in [4.69, 9.17) is 0 Å². The third-order valence-corrected chi connectivity index (χ3v) is 6.69. The Morgan fingerprint density at radius 3 is 2.47 bits per heavy atom. The fraction of sp³-hybridized carbons (Fsp3) is 0.409. The highest BCUT2D eigenvalue weighted by Gasteiger charge is 2.60. The van der Waals surface area contributed by atoms with Gasteiger partial charge in [0.05, 0.1) is 12.3 Å². The van der Waals surface area contributed by atoms with Gasteiger partial charge in [-0.2, -0.15) is 0 Å². The van der Waals surface area contributed by atoms with Crippen molar-refractivity contribution in [1.29, 1.82) is 0 Å². The number of fused-ring (bicyclic) bond motifs is 1. The maximum Gasteiger partial charge on any atom is 0.317 e. The number of carbonyl (C=O) groups is 1. The molecule has 0 radical (unpaired) electrons. The predicted molar refractivity (Wildman–Crippen MR) is 114 cm³/mol. The summed E-state index contributed by atoms with van der Waals surface area (Å²) in [5.74, 6) is -2.34. The third kappa shape index (κ3) is 4.47. The molecule has 32 heavy (non-hydrogen) atoms. The number of likely N-dealkylation sites (tertiary alicyclic amines) is 1. The van der Waals surface area contributed by atoms with E-state index in [0.717, 1.165) is 18.4 Å². The summed E-state index contributed by atoms with van der Waals surface area (Å²) in [5.41, 5.74) is 0.316. The largest absolute Gasteiger partial charge is 0.338 e. The Balaban J connectivity index is 1.69. The molecule has 2 fully saturated rings. The smallest absolute Gasteiger partial charge is 0.317 e. The first-order chi connectivity index (χ1) is 15.1. The van der Waals surface area contributed by atoms with Crippen LogP contribution in [0.25, 0.3) is 11.1 Å². The van der Waals surface area contributed by atoms with E-state index in [9.17, 15) is 22.0 Å². The van der Waals surface area contributed by atoms with E-state index in [1.807, 2.05) is 0 Å². The van der Waals surface area contributed by atoms with Crippen LogP contribution in [0.15, 0.2) is 36.4 Å². The molecule has 0 aromatic heterocycles. The van der Waals surface area contributed by atoms with Crippen molar-refractivity contribution in [3.8, 4) is 11.1 Å². The second kappa shape index (κ2) is 8.40. The highest BCUT2D eigenvalue weighted by molar-refractivity contribution is 7.88. The molecule has 4 rings (SSSR count). The van der Waals surface area contributed by atoms with Crippen molar-refractivity contribution in [2.75, 3.05) is 12.8 Å². The number of urea groups is 1. The monoisotopic (exact) mass is 467 g/mol. The lowest BCUT2D eigenvalue weighted by molar-refractivity contribution is 0.176. The van der Waals surface area contributed by atoms with Gasteiger partial charge in [-0.3, -0.25) is 0 Å². The van der Waals surface area contributed by atoms with Crippen molar-refractivity contribution < 1.29 is 26.4 Å². The molecular formula is C22H24F3N3O3S. The topological polar surface area (TPSA) is 78.5 Å². The van der Waals surface area contributed by atoms with Crippen LogP contribution in [0, 0.1) is 23.4 Å². The molecule has 0 unspecified atom stereocenters. The van der Waals surface area contributed by atoms with Gasteiger partial charge < -0.3 is 10.2 Å². The van der Waals surface area contributed by atoms with Crippen molar-refractivity contribution in [3.63, 3.8) is 0 Å². The molecule has 0 spiro atoms. The predicted octanol–water partition coefficient (Wildman–Crippen LogP) is 3.03. The van der Waals surface area contributed by atoms with Gasteiger partial charge in [0.15, 0.2) is 0 Å². The zero-order valence-corrected chi connectivity index (χ0v) is 18.4. The van der Waals surface area contributed by atoms with E-state index < -0.39 is 39.6 Å². The van der Waals surface area contributed by atoms with Gasteiger partial charge in [0.2, 0.25) is 10.0 Å². The van der Waals surface area contributed by atoms with Crippen LogP contribution in [0.1, 0.15) is 18.9 Å². The minimum atomic E-state index is -3.56. The molecule has 1 saturated heterocycles. The SMILES string of the molecule is CCNC(=O)N1[C@H]2C[C@H]2[C@H](NS(C)(=O)=O)[C@@H]1Cc1cccc(-c2cc(F)cc(F)c2)c1F. The van der Waals surface area contributed by atoms with Crippen LogP contribution in [0.5, 0.6) is 0 Å². The van der Waals surface area contributed by atoms with E-state index in [0.29, 0.717) is 19.0 Å². The number of halogens is 3. The minimum Gasteiger partial charge on any atom is -0.338 e. The van der Waals surface area contributed by atoms with Gasteiger partial charge in [0, 0.05) is 30.3 Å². The van der Waals surface area contributed by atoms with Gasteiger partial charge in [-0.05, 0) is 48.9 Å². The Kier molecular flexibility index (Phi) is 5.93. The number of amides is 2. The Morgan fingerprint density at radius 1 is 1.16 bits per heavy atom. The van der Waals surface area contributed by atoms with Crippen LogP contribution in [-0.4, -0.2) is 50.3 Å². The fourth-order valence-electron chi connectivity index (χ4n) is 4.69. The summed E-state index contributed by atoms with van der Waals surface area (Å²) in [5, 5.41) is 2.74. The summed E-state index contributed by atoms with van der Waals surface area (Å²) >= 11 is 0. The van der Waals surface area contributed by atoms with Gasteiger partial charge in [-0.1, -0.05) is 18.2 Å². The first kappa shape index (κ1) is 22.6. The molecule has 1 aliphatic heterocycles. The second-order valence-corrected chi connectivity index (χ2v) is 10.1. The Morgan fingerprint density at radius 2 is 1.84 bits per heavy atom. The Hall–Kier alpha value is -2.59. The lowest BCUT2D eigenvalue weighted by Crippen LogP contribution is -2.53. The maximum absolute atomic E-state index is 15.4. The normalized spacial score (nSPS) is 24.3. The van der Waals surface area contributed by atoms with Gasteiger partial charge >= 0.3 is 6.03 Å². The fourth-order valence-corrected chi connectivity index (χ4v) is 5.51. The van der Waals surface area contributed by atoms with E-state index in [1.54, 1.807) is 17.9 Å². The van der Waals surface area contributed by atoms with Crippen LogP contribution >= 0.6 is 0 Å². The number of nitrogens with zero attached hydrogens (tertiary/aromatic N) is 1. The van der Waals surface area contributed by atoms with Crippen molar-refractivity contribution >= 4 is 16.1 Å². The number of benzene rings is 2. The van der Waals surface area contributed by atoms with Gasteiger partial charge in [-0.25, -0.2) is 31.1 Å². The third-order valence-electron chi connectivity index (χ3n) is 5.99. The zero-order valence-electron chi connectivity index (χ0n) is 17.6. The standard InChI is InChI=1S/C22H24F3N3O3S/c1-3-26-22(29)28-18-11-17(18)21(27-32(2,30)31)19(28)9-12-5-4-6-16(20(12)25)13-7-14(23)10-15(24)8-13/h4-8,10,17-19,21,27H,3,9,11H2,1-2H3,(H,26,29)/t17-,18+,19+,21+/m1/s1. The van der Waals surface area contributed by atoms with E-state index in [2.05, 4.69) is 10.0 Å². The van der Waals surface area contributed by atoms with E-state index in [1.165, 1.54) is 12.1 Å². The molecule has 0 bridgehead atoms. The molecule has 4 atom stereocenters. The minimum absolute atomic E-state index is 0.0289. The van der Waals surface area contributed by atoms with Crippen molar-refractivity contribution in [3.05, 3.63) is 59.4 Å². The van der Waals surface area contributed by atoms with Crippen LogP contribution in [-0.2, 0) is 16.4 Å². The summed E-state index contributed by atoms with van der Waals surface area (Å²) in [4.78, 5) is 14.3. The van der Waals surface area contributed by atoms with Crippen LogP contribution < -0.4 is 10.0 Å². The lowest BCUT2D eigenvalue weighted by atomic mass is 9.94. The first-order valence-electron chi connectivity index (χ1n) is 10.4. The summed E-state index contributed by atoms with van der Waals surface area (Å²) < 4.78 is 69.3. The molecule has 1 heterocycles. The molecular weight excluding hydrogens is 443 g/mol. The quantitative estimate of drug-likeness (QED) is 0.686. The van der Waals surface area contributed by atoms with Crippen LogP contribution in [0.3, 0.4) is 0 Å². The number of hydrogen-bond donors (Lipinski definition) is 2. The van der Waals surface area contributed by atoms with E-state index in [-0.39, 0.29) is 41.1 Å². The number of piperidine rings is 1. The molecule has 2 aromatic rings. The molecule has 2 aliphatic rings. The molecule has 10 heteroatoms. The summed E-state index contributed by atoms with van der Waals surface area (Å²) in [6, 6.07) is 5.74. The first-order valence-corrected chi connectivity index (χ1v) is 12.3. The highest BCUT2D eigenvalue weighted by atomic mass is 32.2. The van der Waals surface area contributed by atoms with Crippen LogP contribution in [0.2, 0.25) is 0 Å². The second-order valence-electron chi connectivity index (χ2n) is 8.33. The number of hydrogen-bond acceptors (Lipinski definition) is 3. The summed E-state index contributed by atoms with van der Waals surface area (Å²) in [7, 11) is -3.56. The zero-order chi connectivity index (χ0) is 23.2. The molecule has 1 aliphatic carbocycles. The number of nitrogens with one attached hydrogen (secondary N) is 2. The average molecular weight is 468 g/mol. The van der Waals surface area contributed by atoms with Gasteiger partial charge in [0.25, 0.3) is 0 Å². The number of sulfonamides is 1. The Bertz CT molecular complexity index is 1140. The molecule has 2 aromatic carbocycles. The van der Waals surface area contributed by atoms with Crippen molar-refractivity contribution in [1.82, 2.24) is 14.9 Å². The number of rotatable bonds is 6. The highest BCUT2D eigenvalue weighted by Crippen LogP contribution is 2.49. The van der Waals surface area contributed by atoms with E-state index >= 15 is 4.39 Å². The summed E-state index contributed by atoms with van der Waals surface area (Å²) in [6.07, 6.45) is 1.77. The maximum atomic E-state index is 15.4. The van der Waals surface area contributed by atoms with Crippen LogP contribution in [0.4, 0.5) is 18.0 Å². The molecule has 1 saturated carbocycles. The molecule has 2 N–H and O–H groups in total. The van der Waals surface area contributed by atoms with Gasteiger partial charge in [-0.15, -0.1) is 0 Å².